The minimum atomic E-state index is -3.50. The Morgan fingerprint density at radius 2 is 1.93 bits per heavy atom. The fourth-order valence-electron chi connectivity index (χ4n) is 2.77. The highest BCUT2D eigenvalue weighted by molar-refractivity contribution is 7.89. The summed E-state index contributed by atoms with van der Waals surface area (Å²) in [6, 6.07) is 10.7. The van der Waals surface area contributed by atoms with Crippen LogP contribution in [-0.4, -0.2) is 32.3 Å². The SMILES string of the molecule is CNS(=O)(=O)c1ccc(/C=C/C(=O)N(Cc2c(F)cccc2Cl)C2CC2)cc1. The van der Waals surface area contributed by atoms with Gasteiger partial charge in [0, 0.05) is 22.7 Å². The van der Waals surface area contributed by atoms with Gasteiger partial charge < -0.3 is 4.90 Å². The van der Waals surface area contributed by atoms with Gasteiger partial charge in [-0.05, 0) is 55.8 Å². The molecule has 0 atom stereocenters. The second-order valence-corrected chi connectivity index (χ2v) is 8.80. The number of hydrogen-bond donors (Lipinski definition) is 1. The number of benzene rings is 2. The Bertz CT molecular complexity index is 982. The van der Waals surface area contributed by atoms with Crippen molar-refractivity contribution in [2.45, 2.75) is 30.3 Å². The van der Waals surface area contributed by atoms with Gasteiger partial charge in [0.05, 0.1) is 11.4 Å². The normalized spacial score (nSPS) is 14.4. The maximum absolute atomic E-state index is 14.1. The standard InChI is InChI=1S/C20H20ClFN2O3S/c1-23-28(26,27)16-10-5-14(6-11-16)7-12-20(25)24(15-8-9-15)13-17-18(21)3-2-4-19(17)22/h2-7,10-12,15,23H,8-9,13H2,1H3/b12-7+. The number of hydrogen-bond acceptors (Lipinski definition) is 3. The van der Waals surface area contributed by atoms with Gasteiger partial charge in [-0.1, -0.05) is 29.8 Å². The molecule has 28 heavy (non-hydrogen) atoms. The van der Waals surface area contributed by atoms with Gasteiger partial charge in [0.15, 0.2) is 0 Å². The fraction of sp³-hybridized carbons (Fsp3) is 0.250. The quantitative estimate of drug-likeness (QED) is 0.693. The predicted molar refractivity (Wildman–Crippen MR) is 107 cm³/mol. The fourth-order valence-corrected chi connectivity index (χ4v) is 3.72. The first-order valence-corrected chi connectivity index (χ1v) is 10.6. The number of carbonyl (C=O) groups is 1. The number of nitrogens with one attached hydrogen (secondary N) is 1. The van der Waals surface area contributed by atoms with E-state index in [1.165, 1.54) is 37.4 Å². The zero-order valence-electron chi connectivity index (χ0n) is 15.2. The highest BCUT2D eigenvalue weighted by Gasteiger charge is 2.32. The maximum Gasteiger partial charge on any atom is 0.247 e. The van der Waals surface area contributed by atoms with Crippen LogP contribution >= 0.6 is 11.6 Å². The largest absolute Gasteiger partial charge is 0.332 e. The molecule has 5 nitrogen and oxygen atoms in total. The molecular formula is C20H20ClFN2O3S. The van der Waals surface area contributed by atoms with E-state index in [1.807, 2.05) is 0 Å². The summed E-state index contributed by atoms with van der Waals surface area (Å²) in [5.74, 6) is -0.676. The Balaban J connectivity index is 1.74. The lowest BCUT2D eigenvalue weighted by Gasteiger charge is -2.22. The van der Waals surface area contributed by atoms with Crippen LogP contribution in [0.3, 0.4) is 0 Å². The summed E-state index contributed by atoms with van der Waals surface area (Å²) in [6.45, 7) is 0.110. The van der Waals surface area contributed by atoms with Crippen molar-refractivity contribution in [1.29, 1.82) is 0 Å². The predicted octanol–water partition coefficient (Wildman–Crippen LogP) is 3.59. The minimum Gasteiger partial charge on any atom is -0.332 e. The van der Waals surface area contributed by atoms with Crippen molar-refractivity contribution in [1.82, 2.24) is 9.62 Å². The van der Waals surface area contributed by atoms with Crippen LogP contribution in [-0.2, 0) is 21.4 Å². The third-order valence-corrected chi connectivity index (χ3v) is 6.32. The molecule has 0 aliphatic heterocycles. The molecule has 0 heterocycles. The van der Waals surface area contributed by atoms with Gasteiger partial charge in [-0.15, -0.1) is 0 Å². The van der Waals surface area contributed by atoms with Gasteiger partial charge in [0.1, 0.15) is 5.82 Å². The average molecular weight is 423 g/mol. The molecule has 3 rings (SSSR count). The van der Waals surface area contributed by atoms with Gasteiger partial charge >= 0.3 is 0 Å². The summed E-state index contributed by atoms with van der Waals surface area (Å²) >= 11 is 6.09. The van der Waals surface area contributed by atoms with Crippen molar-refractivity contribution >= 4 is 33.6 Å². The zero-order chi connectivity index (χ0) is 20.3. The first-order valence-electron chi connectivity index (χ1n) is 8.77. The first kappa shape index (κ1) is 20.5. The third-order valence-electron chi connectivity index (χ3n) is 4.54. The average Bonchev–Trinajstić information content (AvgIpc) is 3.51. The molecule has 0 aromatic heterocycles. The van der Waals surface area contributed by atoms with E-state index in [-0.39, 0.29) is 23.4 Å². The molecule has 148 valence electrons. The molecule has 0 spiro atoms. The van der Waals surface area contributed by atoms with Crippen molar-refractivity contribution in [3.05, 3.63) is 70.5 Å². The monoisotopic (exact) mass is 422 g/mol. The van der Waals surface area contributed by atoms with Gasteiger partial charge in [0.2, 0.25) is 15.9 Å². The highest BCUT2D eigenvalue weighted by atomic mass is 35.5. The number of halogens is 2. The van der Waals surface area contributed by atoms with Crippen LogP contribution in [0.2, 0.25) is 5.02 Å². The summed E-state index contributed by atoms with van der Waals surface area (Å²) in [5, 5.41) is 0.295. The Labute approximate surface area is 168 Å². The molecule has 1 aliphatic carbocycles. The molecule has 1 aliphatic rings. The molecule has 0 radical (unpaired) electrons. The highest BCUT2D eigenvalue weighted by Crippen LogP contribution is 2.31. The molecular weight excluding hydrogens is 403 g/mol. The minimum absolute atomic E-state index is 0.0796. The Morgan fingerprint density at radius 3 is 2.50 bits per heavy atom. The van der Waals surface area contributed by atoms with E-state index in [2.05, 4.69) is 4.72 Å². The molecule has 1 amide bonds. The van der Waals surface area contributed by atoms with Crippen LogP contribution in [0, 0.1) is 5.82 Å². The van der Waals surface area contributed by atoms with Crippen LogP contribution in [0.25, 0.3) is 6.08 Å². The van der Waals surface area contributed by atoms with E-state index < -0.39 is 15.8 Å². The molecule has 1 saturated carbocycles. The van der Waals surface area contributed by atoms with Gasteiger partial charge in [-0.3, -0.25) is 4.79 Å². The van der Waals surface area contributed by atoms with Crippen molar-refractivity contribution in [3.8, 4) is 0 Å². The van der Waals surface area contributed by atoms with Crippen LogP contribution in [0.15, 0.2) is 53.4 Å². The van der Waals surface area contributed by atoms with E-state index in [4.69, 9.17) is 11.6 Å². The van der Waals surface area contributed by atoms with Crippen molar-refractivity contribution < 1.29 is 17.6 Å². The molecule has 2 aromatic carbocycles. The number of amides is 1. The zero-order valence-corrected chi connectivity index (χ0v) is 16.8. The first-order chi connectivity index (χ1) is 13.3. The molecule has 8 heteroatoms. The lowest BCUT2D eigenvalue weighted by Crippen LogP contribution is -2.31. The third kappa shape index (κ3) is 4.79. The van der Waals surface area contributed by atoms with Crippen LogP contribution in [0.4, 0.5) is 4.39 Å². The van der Waals surface area contributed by atoms with E-state index in [1.54, 1.807) is 29.2 Å². The molecule has 2 aromatic rings. The summed E-state index contributed by atoms with van der Waals surface area (Å²) in [4.78, 5) is 14.4. The molecule has 1 N–H and O–H groups in total. The molecule has 0 unspecified atom stereocenters. The second-order valence-electron chi connectivity index (χ2n) is 6.51. The van der Waals surface area contributed by atoms with Gasteiger partial charge in [-0.2, -0.15) is 0 Å². The van der Waals surface area contributed by atoms with E-state index >= 15 is 0 Å². The van der Waals surface area contributed by atoms with Crippen LogP contribution < -0.4 is 4.72 Å². The van der Waals surface area contributed by atoms with Gasteiger partial charge in [-0.25, -0.2) is 17.5 Å². The summed E-state index contributed by atoms with van der Waals surface area (Å²) in [6.07, 6.45) is 4.77. The van der Waals surface area contributed by atoms with E-state index in [9.17, 15) is 17.6 Å². The summed E-state index contributed by atoms with van der Waals surface area (Å²) in [7, 11) is -2.16. The van der Waals surface area contributed by atoms with E-state index in [0.717, 1.165) is 12.8 Å². The van der Waals surface area contributed by atoms with Crippen molar-refractivity contribution in [2.24, 2.45) is 0 Å². The molecule has 0 saturated heterocycles. The smallest absolute Gasteiger partial charge is 0.247 e. The summed E-state index contributed by atoms with van der Waals surface area (Å²) in [5.41, 5.74) is 0.988. The Kier molecular flexibility index (Phi) is 6.17. The number of sulfonamides is 1. The van der Waals surface area contributed by atoms with E-state index in [0.29, 0.717) is 16.1 Å². The lowest BCUT2D eigenvalue weighted by atomic mass is 10.1. The lowest BCUT2D eigenvalue weighted by molar-refractivity contribution is -0.127. The Hall–Kier alpha value is -2.22. The van der Waals surface area contributed by atoms with Crippen LogP contribution in [0.1, 0.15) is 24.0 Å². The van der Waals surface area contributed by atoms with Crippen molar-refractivity contribution in [3.63, 3.8) is 0 Å². The van der Waals surface area contributed by atoms with Crippen molar-refractivity contribution in [2.75, 3.05) is 7.05 Å². The molecule has 1 fully saturated rings. The number of rotatable bonds is 7. The maximum atomic E-state index is 14.1. The second kappa shape index (κ2) is 8.43. The topological polar surface area (TPSA) is 66.5 Å². The number of nitrogens with zero attached hydrogens (tertiary/aromatic N) is 1. The van der Waals surface area contributed by atoms with Gasteiger partial charge in [0.25, 0.3) is 0 Å². The Morgan fingerprint density at radius 1 is 1.25 bits per heavy atom. The van der Waals surface area contributed by atoms with Crippen LogP contribution in [0.5, 0.6) is 0 Å². The molecule has 0 bridgehead atoms. The number of carbonyl (C=O) groups excluding carboxylic acids is 1. The summed E-state index contributed by atoms with van der Waals surface area (Å²) < 4.78 is 39.8.